The first-order valence-corrected chi connectivity index (χ1v) is 4.54. The predicted octanol–water partition coefficient (Wildman–Crippen LogP) is 2.26. The Bertz CT molecular complexity index is 352. The van der Waals surface area contributed by atoms with Gasteiger partial charge in [-0.05, 0) is 24.6 Å². The summed E-state index contributed by atoms with van der Waals surface area (Å²) in [4.78, 5) is 11.2. The van der Waals surface area contributed by atoms with Gasteiger partial charge in [-0.15, -0.1) is 0 Å². The van der Waals surface area contributed by atoms with Crippen LogP contribution in [-0.4, -0.2) is 13.0 Å². The highest BCUT2D eigenvalue weighted by Crippen LogP contribution is 2.21. The molecule has 4 heteroatoms. The molecule has 1 rings (SSSR count). The number of benzene rings is 1. The summed E-state index contributed by atoms with van der Waals surface area (Å²) in [7, 11) is 1.47. The third kappa shape index (κ3) is 1.88. The fourth-order valence-electron chi connectivity index (χ4n) is 1.06. The molecule has 2 nitrogen and oxygen atoms in total. The third-order valence-electron chi connectivity index (χ3n) is 1.80. The van der Waals surface area contributed by atoms with Crippen molar-refractivity contribution in [2.24, 2.45) is 0 Å². The molecule has 1 aromatic rings. The van der Waals surface area contributed by atoms with Gasteiger partial charge in [0, 0.05) is 11.5 Å². The molecule has 0 aromatic heterocycles. The monoisotopic (exact) mass is 245 g/mol. The first-order valence-electron chi connectivity index (χ1n) is 3.74. The van der Waals surface area contributed by atoms with Crippen molar-refractivity contribution < 1.29 is 9.18 Å². The lowest BCUT2D eigenvalue weighted by Crippen LogP contribution is -2.20. The first kappa shape index (κ1) is 10.2. The Balaban J connectivity index is 3.33. The molecular weight excluding hydrogens is 237 g/mol. The molecule has 1 aromatic carbocycles. The molecule has 0 heterocycles. The lowest BCUT2D eigenvalue weighted by atomic mass is 10.1. The van der Waals surface area contributed by atoms with Crippen molar-refractivity contribution in [2.75, 3.05) is 7.05 Å². The van der Waals surface area contributed by atoms with E-state index in [9.17, 15) is 9.18 Å². The van der Waals surface area contributed by atoms with E-state index in [4.69, 9.17) is 0 Å². The van der Waals surface area contributed by atoms with Crippen molar-refractivity contribution in [3.63, 3.8) is 0 Å². The molecule has 0 saturated carbocycles. The van der Waals surface area contributed by atoms with Crippen LogP contribution in [0.4, 0.5) is 4.39 Å². The predicted molar refractivity (Wildman–Crippen MR) is 52.2 cm³/mol. The normalized spacial score (nSPS) is 9.85. The second kappa shape index (κ2) is 3.87. The zero-order valence-corrected chi connectivity index (χ0v) is 8.90. The van der Waals surface area contributed by atoms with Gasteiger partial charge in [-0.1, -0.05) is 15.9 Å². The number of amides is 1. The minimum absolute atomic E-state index is 0.0943. The SMILES string of the molecule is CNC(=O)c1c(F)ccc(Br)c1C. The summed E-state index contributed by atoms with van der Waals surface area (Å²) in [6.07, 6.45) is 0. The Labute approximate surface area is 84.3 Å². The van der Waals surface area contributed by atoms with Gasteiger partial charge in [-0.3, -0.25) is 4.79 Å². The number of carbonyl (C=O) groups is 1. The molecule has 0 aliphatic heterocycles. The Morgan fingerprint density at radius 1 is 1.54 bits per heavy atom. The van der Waals surface area contributed by atoms with Gasteiger partial charge in [0.05, 0.1) is 5.56 Å². The molecule has 0 aliphatic rings. The van der Waals surface area contributed by atoms with E-state index in [-0.39, 0.29) is 5.56 Å². The van der Waals surface area contributed by atoms with Crippen LogP contribution in [-0.2, 0) is 0 Å². The minimum atomic E-state index is -0.500. The van der Waals surface area contributed by atoms with Crippen LogP contribution in [0.1, 0.15) is 15.9 Å². The van der Waals surface area contributed by atoms with Crippen LogP contribution < -0.4 is 5.32 Å². The minimum Gasteiger partial charge on any atom is -0.355 e. The number of nitrogens with one attached hydrogen (secondary N) is 1. The quantitative estimate of drug-likeness (QED) is 0.809. The second-order valence-corrected chi connectivity index (χ2v) is 3.46. The van der Waals surface area contributed by atoms with Crippen LogP contribution in [0.3, 0.4) is 0 Å². The first-order chi connectivity index (χ1) is 6.07. The highest BCUT2D eigenvalue weighted by molar-refractivity contribution is 9.10. The van der Waals surface area contributed by atoms with Crippen LogP contribution in [0.15, 0.2) is 16.6 Å². The number of rotatable bonds is 1. The summed E-state index contributed by atoms with van der Waals surface area (Å²) in [6, 6.07) is 2.85. The Morgan fingerprint density at radius 2 is 2.15 bits per heavy atom. The highest BCUT2D eigenvalue weighted by Gasteiger charge is 2.14. The van der Waals surface area contributed by atoms with E-state index in [2.05, 4.69) is 21.2 Å². The molecule has 0 atom stereocenters. The average molecular weight is 246 g/mol. The molecule has 0 spiro atoms. The van der Waals surface area contributed by atoms with Gasteiger partial charge in [0.15, 0.2) is 0 Å². The summed E-state index contributed by atoms with van der Waals surface area (Å²) >= 11 is 3.23. The maximum atomic E-state index is 13.2. The third-order valence-corrected chi connectivity index (χ3v) is 2.66. The highest BCUT2D eigenvalue weighted by atomic mass is 79.9. The number of hydrogen-bond donors (Lipinski definition) is 1. The largest absolute Gasteiger partial charge is 0.355 e. The molecule has 0 saturated heterocycles. The maximum Gasteiger partial charge on any atom is 0.254 e. The molecule has 0 radical (unpaired) electrons. The molecule has 13 heavy (non-hydrogen) atoms. The molecule has 1 N–H and O–H groups in total. The zero-order chi connectivity index (χ0) is 10.0. The van der Waals surface area contributed by atoms with E-state index < -0.39 is 11.7 Å². The second-order valence-electron chi connectivity index (χ2n) is 2.61. The van der Waals surface area contributed by atoms with Crippen molar-refractivity contribution in [3.8, 4) is 0 Å². The summed E-state index contributed by atoms with van der Waals surface area (Å²) in [6.45, 7) is 1.69. The van der Waals surface area contributed by atoms with E-state index in [1.807, 2.05) is 0 Å². The van der Waals surface area contributed by atoms with Gasteiger partial charge in [-0.25, -0.2) is 4.39 Å². The van der Waals surface area contributed by atoms with Crippen LogP contribution in [0.2, 0.25) is 0 Å². The van der Waals surface area contributed by atoms with E-state index in [1.54, 1.807) is 13.0 Å². The maximum absolute atomic E-state index is 13.2. The summed E-state index contributed by atoms with van der Waals surface area (Å²) in [5.74, 6) is -0.906. The van der Waals surface area contributed by atoms with Crippen LogP contribution in [0.5, 0.6) is 0 Å². The van der Waals surface area contributed by atoms with E-state index in [1.165, 1.54) is 13.1 Å². The Morgan fingerprint density at radius 3 is 2.69 bits per heavy atom. The zero-order valence-electron chi connectivity index (χ0n) is 7.32. The van der Waals surface area contributed by atoms with Crippen molar-refractivity contribution in [2.45, 2.75) is 6.92 Å². The number of halogens is 2. The molecule has 0 unspecified atom stereocenters. The standard InChI is InChI=1S/C9H9BrFNO/c1-5-6(10)3-4-7(11)8(5)9(13)12-2/h3-4H,1-2H3,(H,12,13). The summed E-state index contributed by atoms with van der Waals surface area (Å²) in [5.41, 5.74) is 0.705. The average Bonchev–Trinajstić information content (AvgIpc) is 2.12. The van der Waals surface area contributed by atoms with E-state index >= 15 is 0 Å². The smallest absolute Gasteiger partial charge is 0.254 e. The van der Waals surface area contributed by atoms with Gasteiger partial charge in [0.25, 0.3) is 5.91 Å². The lowest BCUT2D eigenvalue weighted by molar-refractivity contribution is 0.0958. The van der Waals surface area contributed by atoms with Gasteiger partial charge in [-0.2, -0.15) is 0 Å². The summed E-state index contributed by atoms with van der Waals surface area (Å²) < 4.78 is 13.9. The molecule has 70 valence electrons. The fourth-order valence-corrected chi connectivity index (χ4v) is 1.39. The van der Waals surface area contributed by atoms with Crippen molar-refractivity contribution >= 4 is 21.8 Å². The van der Waals surface area contributed by atoms with Gasteiger partial charge in [0.1, 0.15) is 5.82 Å². The van der Waals surface area contributed by atoms with Gasteiger partial charge >= 0.3 is 0 Å². The lowest BCUT2D eigenvalue weighted by Gasteiger charge is -2.06. The van der Waals surface area contributed by atoms with Gasteiger partial charge in [0.2, 0.25) is 0 Å². The Kier molecular flexibility index (Phi) is 3.03. The number of carbonyl (C=O) groups excluding carboxylic acids is 1. The summed E-state index contributed by atoms with van der Waals surface area (Å²) in [5, 5.41) is 2.39. The molecule has 0 aliphatic carbocycles. The van der Waals surface area contributed by atoms with Crippen LogP contribution in [0, 0.1) is 12.7 Å². The fraction of sp³-hybridized carbons (Fsp3) is 0.222. The van der Waals surface area contributed by atoms with E-state index in [0.29, 0.717) is 5.56 Å². The topological polar surface area (TPSA) is 29.1 Å². The van der Waals surface area contributed by atoms with Crippen LogP contribution in [0.25, 0.3) is 0 Å². The molecule has 0 fully saturated rings. The van der Waals surface area contributed by atoms with Crippen LogP contribution >= 0.6 is 15.9 Å². The van der Waals surface area contributed by atoms with Crippen molar-refractivity contribution in [1.29, 1.82) is 0 Å². The molecule has 0 bridgehead atoms. The molecular formula is C9H9BrFNO. The van der Waals surface area contributed by atoms with E-state index in [0.717, 1.165) is 4.47 Å². The molecule has 1 amide bonds. The number of hydrogen-bond acceptors (Lipinski definition) is 1. The van der Waals surface area contributed by atoms with Crippen molar-refractivity contribution in [1.82, 2.24) is 5.32 Å². The Hall–Kier alpha value is -0.900. The van der Waals surface area contributed by atoms with Gasteiger partial charge < -0.3 is 5.32 Å². The van der Waals surface area contributed by atoms with Crippen molar-refractivity contribution in [3.05, 3.63) is 33.5 Å².